The molecule has 51 heavy (non-hydrogen) atoms. The first-order valence-electron chi connectivity index (χ1n) is 18.7. The zero-order valence-electron chi connectivity index (χ0n) is 30.8. The van der Waals surface area contributed by atoms with Crippen molar-refractivity contribution in [1.82, 2.24) is 0 Å². The zero-order valence-corrected chi connectivity index (χ0v) is 30.8. The van der Waals surface area contributed by atoms with Crippen LogP contribution in [-0.2, 0) is 38.1 Å². The van der Waals surface area contributed by atoms with Crippen molar-refractivity contribution in [3.8, 4) is 35.7 Å². The van der Waals surface area contributed by atoms with Crippen LogP contribution in [0.15, 0.2) is 0 Å². The normalized spacial score (nSPS) is 33.8. The van der Waals surface area contributed by atoms with E-state index in [-0.39, 0.29) is 122 Å². The van der Waals surface area contributed by atoms with E-state index in [0.29, 0.717) is 25.7 Å². The van der Waals surface area contributed by atoms with Crippen molar-refractivity contribution in [2.45, 2.75) is 123 Å². The fraction of sp³-hybridized carbons (Fsp3) is 0.750. The molecule has 11 atom stereocenters. The molecule has 0 aliphatic heterocycles. The van der Waals surface area contributed by atoms with E-state index in [2.05, 4.69) is 56.5 Å². The van der Waals surface area contributed by atoms with Crippen LogP contribution < -0.4 is 17.2 Å². The van der Waals surface area contributed by atoms with Gasteiger partial charge in [0.2, 0.25) is 0 Å². The van der Waals surface area contributed by atoms with E-state index in [4.69, 9.17) is 36.1 Å². The molecule has 4 aliphatic carbocycles. The Morgan fingerprint density at radius 3 is 2.06 bits per heavy atom. The molecule has 0 aromatic heterocycles. The predicted molar refractivity (Wildman–Crippen MR) is 190 cm³/mol. The van der Waals surface area contributed by atoms with Crippen LogP contribution in [0, 0.1) is 82.0 Å². The molecule has 0 radical (unpaired) electrons. The van der Waals surface area contributed by atoms with Crippen molar-refractivity contribution < 1.29 is 38.1 Å². The molecular formula is C40H57N3O8. The van der Waals surface area contributed by atoms with E-state index in [1.54, 1.807) is 6.92 Å². The van der Waals surface area contributed by atoms with Gasteiger partial charge in [0.1, 0.15) is 24.4 Å². The van der Waals surface area contributed by atoms with E-state index in [1.165, 1.54) is 0 Å². The second-order valence-corrected chi connectivity index (χ2v) is 15.4. The highest BCUT2D eigenvalue weighted by molar-refractivity contribution is 5.71. The summed E-state index contributed by atoms with van der Waals surface area (Å²) >= 11 is 0. The lowest BCUT2D eigenvalue weighted by atomic mass is 9.43. The van der Waals surface area contributed by atoms with E-state index in [1.807, 2.05) is 0 Å². The summed E-state index contributed by atoms with van der Waals surface area (Å²) in [6, 6.07) is 0. The third-order valence-electron chi connectivity index (χ3n) is 12.7. The van der Waals surface area contributed by atoms with Crippen LogP contribution in [0.2, 0.25) is 0 Å². The van der Waals surface area contributed by atoms with Gasteiger partial charge in [-0.15, -0.1) is 0 Å². The molecular weight excluding hydrogens is 650 g/mol. The van der Waals surface area contributed by atoms with Gasteiger partial charge in [-0.05, 0) is 105 Å². The molecule has 0 unspecified atom stereocenters. The van der Waals surface area contributed by atoms with Crippen LogP contribution in [0.4, 0.5) is 0 Å². The third kappa shape index (κ3) is 9.28. The zero-order chi connectivity index (χ0) is 37.2. The summed E-state index contributed by atoms with van der Waals surface area (Å²) in [5, 5.41) is 0. The minimum absolute atomic E-state index is 0.0507. The minimum Gasteiger partial charge on any atom is -0.462 e. The summed E-state index contributed by atoms with van der Waals surface area (Å²) in [6.07, 6.45) is 7.97. The average molecular weight is 708 g/mol. The van der Waals surface area contributed by atoms with Crippen LogP contribution in [0.25, 0.3) is 0 Å². The molecule has 0 saturated heterocycles. The van der Waals surface area contributed by atoms with Gasteiger partial charge in [0.15, 0.2) is 0 Å². The van der Waals surface area contributed by atoms with E-state index >= 15 is 0 Å². The molecule has 4 saturated carbocycles. The Balaban J connectivity index is 1.63. The summed E-state index contributed by atoms with van der Waals surface area (Å²) in [5.74, 6) is 12.1. The molecule has 280 valence electrons. The number of fused-ring (bicyclic) bond motifs is 5. The quantitative estimate of drug-likeness (QED) is 0.144. The molecule has 0 aromatic carbocycles. The Morgan fingerprint density at radius 1 is 0.745 bits per heavy atom. The number of ether oxygens (including phenoxy) is 4. The van der Waals surface area contributed by atoms with Gasteiger partial charge in [-0.2, -0.15) is 0 Å². The van der Waals surface area contributed by atoms with Crippen molar-refractivity contribution in [3.63, 3.8) is 0 Å². The number of carbonyl (C=O) groups is 4. The maximum absolute atomic E-state index is 13.2. The Hall–Kier alpha value is -3.56. The molecule has 11 heteroatoms. The maximum atomic E-state index is 13.2. The van der Waals surface area contributed by atoms with E-state index in [9.17, 15) is 19.2 Å². The summed E-state index contributed by atoms with van der Waals surface area (Å²) in [6.45, 7) is 9.04. The molecule has 0 spiro atoms. The Morgan fingerprint density at radius 2 is 1.39 bits per heavy atom. The second-order valence-electron chi connectivity index (χ2n) is 15.4. The molecule has 4 fully saturated rings. The molecule has 11 nitrogen and oxygen atoms in total. The molecule has 6 N–H and O–H groups in total. The first kappa shape index (κ1) is 40.2. The fourth-order valence-electron chi connectivity index (χ4n) is 10.3. The van der Waals surface area contributed by atoms with E-state index < -0.39 is 11.4 Å². The van der Waals surface area contributed by atoms with Gasteiger partial charge in [-0.1, -0.05) is 26.7 Å². The monoisotopic (exact) mass is 707 g/mol. The summed E-state index contributed by atoms with van der Waals surface area (Å²) in [7, 11) is 0. The van der Waals surface area contributed by atoms with Crippen LogP contribution >= 0.6 is 0 Å². The first-order valence-corrected chi connectivity index (χ1v) is 18.7. The predicted octanol–water partition coefficient (Wildman–Crippen LogP) is 3.59. The standard InChI is InChI=1S/C40H57N3O8/c1-5-6-7-8-9-22-48-34(44)13-10-26(2)29-11-12-30-38-31(25-33(40(29,30)4)51-37(47)17-21-43)39(3)18-14-28(49-35(45)15-19-41)23-27(39)24-32(38)50-36(46)16-20-42/h26-33,38H,10-21,23-25,41-43H2,1-4H3/t26-,27+,28-,29-,30+,31+,32-,33+,38+,39+,40-/m1/s1. The van der Waals surface area contributed by atoms with Gasteiger partial charge in [0.05, 0.1) is 19.3 Å². The second kappa shape index (κ2) is 18.3. The highest BCUT2D eigenvalue weighted by Gasteiger charge is 2.67. The van der Waals surface area contributed by atoms with E-state index in [0.717, 1.165) is 25.7 Å². The lowest BCUT2D eigenvalue weighted by Gasteiger charge is -2.64. The summed E-state index contributed by atoms with van der Waals surface area (Å²) < 4.78 is 23.7. The van der Waals surface area contributed by atoms with Gasteiger partial charge in [0.25, 0.3) is 0 Å². The van der Waals surface area contributed by atoms with Gasteiger partial charge < -0.3 is 36.1 Å². The summed E-state index contributed by atoms with van der Waals surface area (Å²) in [5.41, 5.74) is 16.6. The van der Waals surface area contributed by atoms with Crippen LogP contribution in [0.3, 0.4) is 0 Å². The lowest BCUT2D eigenvalue weighted by Crippen LogP contribution is -2.63. The molecule has 0 heterocycles. The Bertz CT molecular complexity index is 1460. The van der Waals surface area contributed by atoms with Crippen molar-refractivity contribution in [3.05, 3.63) is 0 Å². The topological polar surface area (TPSA) is 183 Å². The first-order chi connectivity index (χ1) is 24.4. The molecule has 0 amide bonds. The molecule has 4 aliphatic rings. The third-order valence-corrected chi connectivity index (χ3v) is 12.7. The average Bonchev–Trinajstić information content (AvgIpc) is 3.44. The Kier molecular flexibility index (Phi) is 14.4. The van der Waals surface area contributed by atoms with Crippen molar-refractivity contribution in [2.75, 3.05) is 19.6 Å². The Labute approximate surface area is 303 Å². The van der Waals surface area contributed by atoms with Crippen LogP contribution in [-0.4, -0.2) is 61.8 Å². The molecule has 0 bridgehead atoms. The molecule has 0 aromatic rings. The number of esters is 4. The van der Waals surface area contributed by atoms with Gasteiger partial charge in [0, 0.05) is 49.2 Å². The number of hydrogen-bond acceptors (Lipinski definition) is 11. The fourth-order valence-corrected chi connectivity index (χ4v) is 10.3. The number of nitrogens with two attached hydrogens (primary N) is 3. The number of carbonyl (C=O) groups excluding carboxylic acids is 4. The lowest BCUT2D eigenvalue weighted by molar-refractivity contribution is -0.225. The number of hydrogen-bond donors (Lipinski definition) is 3. The van der Waals surface area contributed by atoms with Crippen molar-refractivity contribution >= 4 is 23.9 Å². The SMILES string of the molecule is CC#CC#CC#COC(=O)CC[C@@H](C)[C@H]1CC[C@H]2[C@@H]3[C@H](OC(=O)CCN)C[C@@H]4C[C@H](OC(=O)CCN)CC[C@]4(C)[C@H]3C[C@H](OC(=O)CCN)[C@]12C. The highest BCUT2D eigenvalue weighted by Crippen LogP contribution is 2.69. The van der Waals surface area contributed by atoms with Crippen molar-refractivity contribution in [1.29, 1.82) is 0 Å². The molecule has 4 rings (SSSR count). The van der Waals surface area contributed by atoms with Crippen molar-refractivity contribution in [2.24, 2.45) is 63.5 Å². The van der Waals surface area contributed by atoms with Gasteiger partial charge in [-0.3, -0.25) is 19.2 Å². The van der Waals surface area contributed by atoms with Gasteiger partial charge in [-0.25, -0.2) is 0 Å². The smallest absolute Gasteiger partial charge is 0.319 e. The maximum Gasteiger partial charge on any atom is 0.319 e. The summed E-state index contributed by atoms with van der Waals surface area (Å²) in [4.78, 5) is 51.3. The number of rotatable bonds is 13. The van der Waals surface area contributed by atoms with Gasteiger partial charge >= 0.3 is 23.9 Å². The highest BCUT2D eigenvalue weighted by atomic mass is 16.6. The minimum atomic E-state index is -0.429. The largest absolute Gasteiger partial charge is 0.462 e. The van der Waals surface area contributed by atoms with Crippen LogP contribution in [0.1, 0.15) is 105 Å². The van der Waals surface area contributed by atoms with Crippen LogP contribution in [0.5, 0.6) is 0 Å².